The number of nitro benzene ring substituents is 1. The number of carboxylic acid groups (broad SMARTS) is 2. The van der Waals surface area contributed by atoms with E-state index in [1.165, 1.54) is 0 Å². The molecule has 0 bridgehead atoms. The molecule has 0 aliphatic rings. The minimum atomic E-state index is -1.77. The van der Waals surface area contributed by atoms with Gasteiger partial charge in [-0.3, -0.25) is 24.9 Å². The van der Waals surface area contributed by atoms with E-state index in [1.54, 1.807) is 24.3 Å². The van der Waals surface area contributed by atoms with Crippen LogP contribution in [0.2, 0.25) is 0 Å². The summed E-state index contributed by atoms with van der Waals surface area (Å²) in [4.78, 5) is 54.5. The lowest BCUT2D eigenvalue weighted by atomic mass is 9.86. The van der Waals surface area contributed by atoms with Gasteiger partial charge in [-0.2, -0.15) is 0 Å². The first-order valence-electron chi connectivity index (χ1n) is 14.9. The predicted molar refractivity (Wildman–Crippen MR) is 178 cm³/mol. The third-order valence-electron chi connectivity index (χ3n) is 6.97. The molecular weight excluding hydrogens is 607 g/mol. The molecule has 0 saturated carbocycles. The summed E-state index contributed by atoms with van der Waals surface area (Å²) in [6.07, 6.45) is 0. The quantitative estimate of drug-likeness (QED) is 0.182. The van der Waals surface area contributed by atoms with E-state index in [-0.39, 0.29) is 32.9 Å². The lowest BCUT2D eigenvalue weighted by molar-refractivity contribution is -0.385. The normalized spacial score (nSPS) is 12.1. The van der Waals surface area contributed by atoms with Crippen molar-refractivity contribution in [2.75, 3.05) is 5.32 Å². The number of carboxylic acids is 2. The second-order valence-corrected chi connectivity index (χ2v) is 15.4. The standard InChI is InChI=1S/C21H24FN3O5.C14H21NO2/c1-20(2,3)15-7-11(8-16(24-15)21(4,5)6)18(26)23-12-9-13(22)17(19(27)28)14(10-12)25(29)30;1-13(2,3)10-7-9(12(16)17)8-11(15-10)14(4,5)6/h7-10H,1-6H3,(H,23,26)(H,27,28);7-8H,1-6H3,(H,16,17). The van der Waals surface area contributed by atoms with Gasteiger partial charge < -0.3 is 15.5 Å². The molecule has 0 aliphatic heterocycles. The fraction of sp³-hybridized carbons (Fsp3) is 0.457. The largest absolute Gasteiger partial charge is 0.478 e. The molecule has 11 nitrogen and oxygen atoms in total. The topological polar surface area (TPSA) is 173 Å². The number of nitrogens with one attached hydrogen (secondary N) is 1. The number of halogens is 1. The minimum Gasteiger partial charge on any atom is -0.478 e. The summed E-state index contributed by atoms with van der Waals surface area (Å²) in [7, 11) is 0. The zero-order valence-corrected chi connectivity index (χ0v) is 29.1. The Bertz CT molecular complexity index is 1640. The molecule has 1 amide bonds. The number of nitro groups is 1. The molecular formula is C35H45FN4O7. The fourth-order valence-electron chi connectivity index (χ4n) is 4.08. The Morgan fingerprint density at radius 1 is 0.660 bits per heavy atom. The zero-order valence-electron chi connectivity index (χ0n) is 29.1. The first-order valence-corrected chi connectivity index (χ1v) is 14.9. The van der Waals surface area contributed by atoms with E-state index in [2.05, 4.69) is 15.3 Å². The number of rotatable bonds is 5. The summed E-state index contributed by atoms with van der Waals surface area (Å²) in [5.74, 6) is -4.60. The average molecular weight is 653 g/mol. The Hall–Kier alpha value is -4.74. The van der Waals surface area contributed by atoms with Crippen molar-refractivity contribution in [2.45, 2.75) is 105 Å². The first-order chi connectivity index (χ1) is 21.1. The molecule has 2 aromatic heterocycles. The Labute approximate surface area is 274 Å². The van der Waals surface area contributed by atoms with Crippen molar-refractivity contribution in [1.29, 1.82) is 0 Å². The summed E-state index contributed by atoms with van der Waals surface area (Å²) in [5.41, 5.74) is 0.360. The summed E-state index contributed by atoms with van der Waals surface area (Å²) >= 11 is 0. The van der Waals surface area contributed by atoms with Gasteiger partial charge in [0.1, 0.15) is 5.82 Å². The van der Waals surface area contributed by atoms with Gasteiger partial charge in [-0.1, -0.05) is 83.1 Å². The van der Waals surface area contributed by atoms with E-state index >= 15 is 0 Å². The predicted octanol–water partition coefficient (Wildman–Crippen LogP) is 8.05. The SMILES string of the molecule is CC(C)(C)c1cc(C(=O)Nc2cc(F)c(C(=O)O)c([N+](=O)[O-])c2)cc(C(C)(C)C)n1.CC(C)(C)c1cc(C(=O)O)cc(C(C)(C)C)n1. The number of pyridine rings is 2. The highest BCUT2D eigenvalue weighted by molar-refractivity contribution is 6.05. The van der Waals surface area contributed by atoms with Crippen LogP contribution in [-0.4, -0.2) is 43.0 Å². The van der Waals surface area contributed by atoms with Crippen LogP contribution in [0.15, 0.2) is 36.4 Å². The summed E-state index contributed by atoms with van der Waals surface area (Å²) in [6, 6.07) is 8.11. The van der Waals surface area contributed by atoms with Gasteiger partial charge in [-0.15, -0.1) is 0 Å². The van der Waals surface area contributed by atoms with Gasteiger partial charge in [0.05, 0.1) is 16.2 Å². The summed E-state index contributed by atoms with van der Waals surface area (Å²) in [6.45, 7) is 23.9. The summed E-state index contributed by atoms with van der Waals surface area (Å²) in [5, 5.41) is 31.7. The molecule has 47 heavy (non-hydrogen) atoms. The highest BCUT2D eigenvalue weighted by atomic mass is 19.1. The molecule has 0 aliphatic carbocycles. The van der Waals surface area contributed by atoms with Crippen LogP contribution in [0, 0.1) is 15.9 Å². The maximum atomic E-state index is 14.2. The van der Waals surface area contributed by atoms with Crippen LogP contribution < -0.4 is 5.32 Å². The van der Waals surface area contributed by atoms with Crippen LogP contribution in [0.5, 0.6) is 0 Å². The van der Waals surface area contributed by atoms with Gasteiger partial charge in [-0.05, 0) is 30.3 Å². The van der Waals surface area contributed by atoms with Gasteiger partial charge >= 0.3 is 11.9 Å². The molecule has 3 rings (SSSR count). The monoisotopic (exact) mass is 652 g/mol. The molecule has 2 heterocycles. The van der Waals surface area contributed by atoms with Crippen molar-refractivity contribution in [1.82, 2.24) is 9.97 Å². The lowest BCUT2D eigenvalue weighted by Gasteiger charge is -2.24. The number of aromatic carboxylic acids is 2. The van der Waals surface area contributed by atoms with E-state index in [1.807, 2.05) is 83.1 Å². The van der Waals surface area contributed by atoms with E-state index in [0.29, 0.717) is 17.0 Å². The number of benzene rings is 1. The third-order valence-corrected chi connectivity index (χ3v) is 6.97. The number of nitrogens with zero attached hydrogens (tertiary/aromatic N) is 3. The van der Waals surface area contributed by atoms with Gasteiger partial charge in [0.25, 0.3) is 11.6 Å². The highest BCUT2D eigenvalue weighted by Gasteiger charge is 2.28. The van der Waals surface area contributed by atoms with Crippen LogP contribution in [0.1, 0.15) is 137 Å². The minimum absolute atomic E-state index is 0.147. The molecule has 0 atom stereocenters. The van der Waals surface area contributed by atoms with E-state index in [9.17, 15) is 28.9 Å². The molecule has 0 saturated heterocycles. The van der Waals surface area contributed by atoms with Crippen LogP contribution >= 0.6 is 0 Å². The van der Waals surface area contributed by atoms with Crippen LogP contribution in [0.3, 0.4) is 0 Å². The van der Waals surface area contributed by atoms with Crippen molar-refractivity contribution in [3.05, 3.63) is 91.8 Å². The van der Waals surface area contributed by atoms with Crippen molar-refractivity contribution in [3.8, 4) is 0 Å². The average Bonchev–Trinajstić information content (AvgIpc) is 2.90. The maximum Gasteiger partial charge on any atom is 0.345 e. The number of amides is 1. The molecule has 254 valence electrons. The third kappa shape index (κ3) is 10.1. The second kappa shape index (κ2) is 13.5. The number of carbonyl (C=O) groups excluding carboxylic acids is 1. The van der Waals surface area contributed by atoms with Gasteiger partial charge in [0.2, 0.25) is 0 Å². The first kappa shape index (κ1) is 38.4. The number of carbonyl (C=O) groups is 3. The number of anilines is 1. The maximum absolute atomic E-state index is 14.2. The molecule has 0 fully saturated rings. The molecule has 0 radical (unpaired) electrons. The van der Waals surface area contributed by atoms with Crippen molar-refractivity contribution in [3.63, 3.8) is 0 Å². The Morgan fingerprint density at radius 2 is 1.02 bits per heavy atom. The molecule has 3 aromatic rings. The Morgan fingerprint density at radius 3 is 1.32 bits per heavy atom. The van der Waals surface area contributed by atoms with Gasteiger partial charge in [0.15, 0.2) is 5.56 Å². The van der Waals surface area contributed by atoms with E-state index in [4.69, 9.17) is 10.2 Å². The molecule has 0 unspecified atom stereocenters. The van der Waals surface area contributed by atoms with Gasteiger partial charge in [-0.25, -0.2) is 14.0 Å². The van der Waals surface area contributed by atoms with E-state index < -0.39 is 39.8 Å². The lowest BCUT2D eigenvalue weighted by Crippen LogP contribution is -2.23. The van der Waals surface area contributed by atoms with Crippen molar-refractivity contribution in [2.24, 2.45) is 0 Å². The zero-order chi connectivity index (χ0) is 36.4. The Balaban J connectivity index is 0.000000382. The van der Waals surface area contributed by atoms with Crippen molar-refractivity contribution >= 4 is 29.2 Å². The van der Waals surface area contributed by atoms with Crippen LogP contribution in [0.4, 0.5) is 15.8 Å². The van der Waals surface area contributed by atoms with E-state index in [0.717, 1.165) is 23.5 Å². The number of aromatic nitrogens is 2. The van der Waals surface area contributed by atoms with Gasteiger partial charge in [0, 0.05) is 56.1 Å². The molecule has 12 heteroatoms. The second-order valence-electron chi connectivity index (χ2n) is 15.4. The number of hydrogen-bond donors (Lipinski definition) is 3. The summed E-state index contributed by atoms with van der Waals surface area (Å²) < 4.78 is 14.2. The van der Waals surface area contributed by atoms with Crippen LogP contribution in [-0.2, 0) is 21.7 Å². The van der Waals surface area contributed by atoms with Crippen LogP contribution in [0.25, 0.3) is 0 Å². The highest BCUT2D eigenvalue weighted by Crippen LogP contribution is 2.30. The molecule has 1 aromatic carbocycles. The smallest absolute Gasteiger partial charge is 0.345 e. The van der Waals surface area contributed by atoms with Crippen molar-refractivity contribution < 1.29 is 33.9 Å². The molecule has 0 spiro atoms. The fourth-order valence-corrected chi connectivity index (χ4v) is 4.08. The molecule has 3 N–H and O–H groups in total. The number of hydrogen-bond acceptors (Lipinski definition) is 7. The Kier molecular flexibility index (Phi) is 11.1.